The van der Waals surface area contributed by atoms with Crippen molar-refractivity contribution in [2.75, 3.05) is 13.7 Å². The summed E-state index contributed by atoms with van der Waals surface area (Å²) in [6, 6.07) is 3.38. The Morgan fingerprint density at radius 3 is 2.95 bits per heavy atom. The summed E-state index contributed by atoms with van der Waals surface area (Å²) >= 11 is 1.49. The Hall–Kier alpha value is -1.44. The number of thiophene rings is 1. The molecule has 2 heterocycles. The number of hydrogen-bond acceptors (Lipinski definition) is 6. The molecule has 6 nitrogen and oxygen atoms in total. The van der Waals surface area contributed by atoms with Crippen LogP contribution in [-0.2, 0) is 19.1 Å². The lowest BCUT2D eigenvalue weighted by molar-refractivity contribution is -0.141. The molecule has 0 aromatic carbocycles. The summed E-state index contributed by atoms with van der Waals surface area (Å²) in [6.07, 6.45) is 1.01. The van der Waals surface area contributed by atoms with Crippen LogP contribution in [0.15, 0.2) is 17.5 Å². The first-order chi connectivity index (χ1) is 10.1. The number of ether oxygens (including phenoxy) is 2. The van der Waals surface area contributed by atoms with Gasteiger partial charge in [-0.15, -0.1) is 11.3 Å². The molecule has 1 aliphatic rings. The van der Waals surface area contributed by atoms with Crippen LogP contribution in [0, 0.1) is 0 Å². The lowest BCUT2D eigenvalue weighted by Crippen LogP contribution is -2.38. The Labute approximate surface area is 127 Å². The third kappa shape index (κ3) is 4.26. The van der Waals surface area contributed by atoms with Gasteiger partial charge in [0, 0.05) is 11.4 Å². The highest BCUT2D eigenvalue weighted by Crippen LogP contribution is 2.24. The molecule has 0 aliphatic carbocycles. The van der Waals surface area contributed by atoms with Crippen molar-refractivity contribution in [1.82, 2.24) is 5.32 Å². The molecule has 1 fully saturated rings. The molecular weight excluding hydrogens is 292 g/mol. The van der Waals surface area contributed by atoms with Crippen LogP contribution < -0.4 is 11.1 Å². The molecule has 21 heavy (non-hydrogen) atoms. The van der Waals surface area contributed by atoms with E-state index in [1.54, 1.807) is 0 Å². The summed E-state index contributed by atoms with van der Waals surface area (Å²) in [5.74, 6) is -0.561. The van der Waals surface area contributed by atoms with Crippen LogP contribution in [0.3, 0.4) is 0 Å². The molecule has 0 radical (unpaired) electrons. The third-order valence-corrected chi connectivity index (χ3v) is 4.45. The summed E-state index contributed by atoms with van der Waals surface area (Å²) < 4.78 is 10.3. The van der Waals surface area contributed by atoms with Crippen LogP contribution in [0.1, 0.15) is 30.2 Å². The topological polar surface area (TPSA) is 90.7 Å². The third-order valence-electron chi connectivity index (χ3n) is 3.46. The van der Waals surface area contributed by atoms with Crippen LogP contribution in [0.5, 0.6) is 0 Å². The maximum absolute atomic E-state index is 12.3. The molecule has 1 aromatic rings. The van der Waals surface area contributed by atoms with Crippen molar-refractivity contribution < 1.29 is 19.1 Å². The van der Waals surface area contributed by atoms with E-state index in [0.717, 1.165) is 11.3 Å². The van der Waals surface area contributed by atoms with E-state index in [1.165, 1.54) is 18.4 Å². The van der Waals surface area contributed by atoms with Gasteiger partial charge in [0.05, 0.1) is 25.7 Å². The number of nitrogens with two attached hydrogens (primary N) is 1. The second-order valence-electron chi connectivity index (χ2n) is 4.92. The Bertz CT molecular complexity index is 477. The molecule has 2 rings (SSSR count). The van der Waals surface area contributed by atoms with Crippen LogP contribution in [0.4, 0.5) is 0 Å². The first-order valence-electron chi connectivity index (χ1n) is 6.90. The minimum absolute atomic E-state index is 0.0541. The summed E-state index contributed by atoms with van der Waals surface area (Å²) in [5, 5.41) is 4.78. The molecule has 1 aliphatic heterocycles. The number of methoxy groups -OCH3 is 1. The lowest BCUT2D eigenvalue weighted by atomic mass is 10.1. The molecule has 3 N–H and O–H groups in total. The number of amides is 1. The number of hydrogen-bond donors (Lipinski definition) is 2. The normalized spacial score (nSPS) is 22.8. The number of rotatable bonds is 6. The van der Waals surface area contributed by atoms with E-state index in [-0.39, 0.29) is 30.4 Å². The predicted molar refractivity (Wildman–Crippen MR) is 78.8 cm³/mol. The Morgan fingerprint density at radius 1 is 1.57 bits per heavy atom. The smallest absolute Gasteiger partial charge is 0.307 e. The van der Waals surface area contributed by atoms with Crippen molar-refractivity contribution in [3.63, 3.8) is 0 Å². The van der Waals surface area contributed by atoms with Gasteiger partial charge >= 0.3 is 5.97 Å². The van der Waals surface area contributed by atoms with E-state index < -0.39 is 6.10 Å². The lowest BCUT2D eigenvalue weighted by Gasteiger charge is -2.19. The maximum Gasteiger partial charge on any atom is 0.307 e. The summed E-state index contributed by atoms with van der Waals surface area (Å²) in [5.41, 5.74) is 5.54. The van der Waals surface area contributed by atoms with Gasteiger partial charge in [-0.05, 0) is 24.3 Å². The Balaban J connectivity index is 1.98. The van der Waals surface area contributed by atoms with E-state index in [9.17, 15) is 9.59 Å². The molecule has 0 spiro atoms. The van der Waals surface area contributed by atoms with Gasteiger partial charge in [-0.25, -0.2) is 0 Å². The second-order valence-corrected chi connectivity index (χ2v) is 5.90. The van der Waals surface area contributed by atoms with Crippen molar-refractivity contribution in [3.05, 3.63) is 22.4 Å². The van der Waals surface area contributed by atoms with Crippen molar-refractivity contribution in [3.8, 4) is 0 Å². The van der Waals surface area contributed by atoms with E-state index in [0.29, 0.717) is 13.0 Å². The zero-order valence-corrected chi connectivity index (χ0v) is 12.7. The largest absolute Gasteiger partial charge is 0.469 e. The molecule has 1 aromatic heterocycles. The maximum atomic E-state index is 12.3. The minimum atomic E-state index is -0.487. The van der Waals surface area contributed by atoms with Gasteiger partial charge in [-0.1, -0.05) is 6.07 Å². The molecule has 0 bridgehead atoms. The quantitative estimate of drug-likeness (QED) is 0.764. The molecule has 3 unspecified atom stereocenters. The number of carbonyl (C=O) groups excluding carboxylic acids is 2. The average Bonchev–Trinajstić information content (AvgIpc) is 3.17. The molecule has 1 saturated heterocycles. The Kier molecular flexibility index (Phi) is 5.72. The van der Waals surface area contributed by atoms with Crippen molar-refractivity contribution in [1.29, 1.82) is 0 Å². The Morgan fingerprint density at radius 2 is 2.38 bits per heavy atom. The molecule has 116 valence electrons. The van der Waals surface area contributed by atoms with Gasteiger partial charge < -0.3 is 20.5 Å². The summed E-state index contributed by atoms with van der Waals surface area (Å²) in [6.45, 7) is 0.417. The highest BCUT2D eigenvalue weighted by Gasteiger charge is 2.31. The SMILES string of the molecule is COC(=O)CC(NC(=O)C1CCC(CN)O1)c1cccs1. The van der Waals surface area contributed by atoms with Crippen LogP contribution in [0.2, 0.25) is 0 Å². The molecule has 7 heteroatoms. The summed E-state index contributed by atoms with van der Waals surface area (Å²) in [7, 11) is 1.33. The predicted octanol–water partition coefficient (Wildman–Crippen LogP) is 0.975. The standard InChI is InChI=1S/C14H20N2O4S/c1-19-13(17)7-10(12-3-2-6-21-12)16-14(18)11-5-4-9(8-15)20-11/h2-3,6,9-11H,4-5,7-8,15H2,1H3,(H,16,18). The van der Waals surface area contributed by atoms with Crippen molar-refractivity contribution in [2.24, 2.45) is 5.73 Å². The van der Waals surface area contributed by atoms with Gasteiger partial charge in [-0.2, -0.15) is 0 Å². The number of carbonyl (C=O) groups is 2. The molecule has 1 amide bonds. The highest BCUT2D eigenvalue weighted by molar-refractivity contribution is 7.10. The first kappa shape index (κ1) is 15.9. The van der Waals surface area contributed by atoms with Gasteiger partial charge in [0.1, 0.15) is 6.10 Å². The molecule has 3 atom stereocenters. The number of nitrogens with one attached hydrogen (secondary N) is 1. The van der Waals surface area contributed by atoms with Crippen molar-refractivity contribution >= 4 is 23.2 Å². The monoisotopic (exact) mass is 312 g/mol. The van der Waals surface area contributed by atoms with Crippen LogP contribution >= 0.6 is 11.3 Å². The fourth-order valence-electron chi connectivity index (χ4n) is 2.30. The van der Waals surface area contributed by atoms with Gasteiger partial charge in [0.2, 0.25) is 5.91 Å². The van der Waals surface area contributed by atoms with Crippen molar-refractivity contribution in [2.45, 2.75) is 37.5 Å². The van der Waals surface area contributed by atoms with Gasteiger partial charge in [-0.3, -0.25) is 9.59 Å². The zero-order chi connectivity index (χ0) is 15.2. The van der Waals surface area contributed by atoms with Crippen LogP contribution in [0.25, 0.3) is 0 Å². The second kappa shape index (κ2) is 7.53. The molecule has 0 saturated carbocycles. The average molecular weight is 312 g/mol. The highest BCUT2D eigenvalue weighted by atomic mass is 32.1. The fraction of sp³-hybridized carbons (Fsp3) is 0.571. The molecular formula is C14H20N2O4S. The van der Waals surface area contributed by atoms with Gasteiger partial charge in [0.25, 0.3) is 0 Å². The van der Waals surface area contributed by atoms with E-state index in [1.807, 2.05) is 17.5 Å². The number of esters is 1. The van der Waals surface area contributed by atoms with E-state index >= 15 is 0 Å². The van der Waals surface area contributed by atoms with Crippen LogP contribution in [-0.4, -0.2) is 37.7 Å². The fourth-order valence-corrected chi connectivity index (χ4v) is 3.08. The zero-order valence-electron chi connectivity index (χ0n) is 11.9. The van der Waals surface area contributed by atoms with Gasteiger partial charge in [0.15, 0.2) is 0 Å². The van der Waals surface area contributed by atoms with E-state index in [4.69, 9.17) is 10.5 Å². The van der Waals surface area contributed by atoms with E-state index in [2.05, 4.69) is 10.1 Å². The first-order valence-corrected chi connectivity index (χ1v) is 7.78. The minimum Gasteiger partial charge on any atom is -0.469 e. The summed E-state index contributed by atoms with van der Waals surface area (Å²) in [4.78, 5) is 24.7.